The second-order valence-electron chi connectivity index (χ2n) is 8.15. The zero-order chi connectivity index (χ0) is 22.2. The number of fused-ring (bicyclic) bond motifs is 1. The Morgan fingerprint density at radius 3 is 2.48 bits per heavy atom. The molecule has 0 amide bonds. The summed E-state index contributed by atoms with van der Waals surface area (Å²) in [7, 11) is 2.04. The molecule has 2 aromatic rings. The molecule has 4 rings (SSSR count). The molecule has 0 aromatic heterocycles. The van der Waals surface area contributed by atoms with Gasteiger partial charge in [-0.15, -0.1) is 24.0 Å². The molecule has 8 heteroatoms. The summed E-state index contributed by atoms with van der Waals surface area (Å²) in [6, 6.07) is 14.6. The van der Waals surface area contributed by atoms with Gasteiger partial charge in [-0.1, -0.05) is 30.3 Å². The minimum absolute atomic E-state index is 0. The van der Waals surface area contributed by atoms with Gasteiger partial charge in [-0.3, -0.25) is 0 Å². The Morgan fingerprint density at radius 2 is 1.73 bits per heavy atom. The molecule has 7 nitrogen and oxygen atoms in total. The van der Waals surface area contributed by atoms with Crippen LogP contribution in [0.5, 0.6) is 11.5 Å². The van der Waals surface area contributed by atoms with E-state index in [-0.39, 0.29) is 24.0 Å². The van der Waals surface area contributed by atoms with Crippen molar-refractivity contribution in [2.45, 2.75) is 45.6 Å². The zero-order valence-corrected chi connectivity index (χ0v) is 21.7. The highest BCUT2D eigenvalue weighted by Gasteiger charge is 2.15. The van der Waals surface area contributed by atoms with Crippen molar-refractivity contribution < 1.29 is 18.9 Å². The SMILES string of the molecule is CCNC(=NCc1ccc(COC2CCOCC2)cc1)N(C)Cc1ccc2c(c1)OCO2.I. The highest BCUT2D eigenvalue weighted by molar-refractivity contribution is 14.0. The molecule has 180 valence electrons. The zero-order valence-electron chi connectivity index (χ0n) is 19.4. The summed E-state index contributed by atoms with van der Waals surface area (Å²) in [6.07, 6.45) is 2.29. The lowest BCUT2D eigenvalue weighted by Crippen LogP contribution is -2.38. The normalized spacial score (nSPS) is 15.8. The van der Waals surface area contributed by atoms with Crippen molar-refractivity contribution in [1.29, 1.82) is 0 Å². The van der Waals surface area contributed by atoms with E-state index in [0.717, 1.165) is 62.2 Å². The number of ether oxygens (including phenoxy) is 4. The van der Waals surface area contributed by atoms with Gasteiger partial charge in [-0.05, 0) is 48.6 Å². The number of benzene rings is 2. The topological polar surface area (TPSA) is 64.6 Å². The Morgan fingerprint density at radius 1 is 1.03 bits per heavy atom. The van der Waals surface area contributed by atoms with Crippen LogP contribution < -0.4 is 14.8 Å². The number of halogens is 1. The molecular weight excluding hydrogens is 533 g/mol. The van der Waals surface area contributed by atoms with E-state index in [0.29, 0.717) is 26.0 Å². The number of hydrogen-bond acceptors (Lipinski definition) is 5. The summed E-state index contributed by atoms with van der Waals surface area (Å²) >= 11 is 0. The largest absolute Gasteiger partial charge is 0.454 e. The molecule has 0 atom stereocenters. The molecule has 1 N–H and O–H groups in total. The van der Waals surface area contributed by atoms with Crippen molar-refractivity contribution in [1.82, 2.24) is 10.2 Å². The lowest BCUT2D eigenvalue weighted by Gasteiger charge is -2.22. The summed E-state index contributed by atoms with van der Waals surface area (Å²) in [5.74, 6) is 2.48. The molecule has 0 aliphatic carbocycles. The highest BCUT2D eigenvalue weighted by atomic mass is 127. The van der Waals surface area contributed by atoms with Gasteiger partial charge in [0.05, 0.1) is 19.3 Å². The quantitative estimate of drug-likeness (QED) is 0.291. The number of nitrogens with zero attached hydrogens (tertiary/aromatic N) is 2. The molecule has 33 heavy (non-hydrogen) atoms. The molecule has 2 aromatic carbocycles. The van der Waals surface area contributed by atoms with E-state index in [1.807, 2.05) is 19.2 Å². The maximum Gasteiger partial charge on any atom is 0.231 e. The third kappa shape index (κ3) is 7.48. The van der Waals surface area contributed by atoms with Crippen LogP contribution in [0.25, 0.3) is 0 Å². The van der Waals surface area contributed by atoms with E-state index >= 15 is 0 Å². The summed E-state index contributed by atoms with van der Waals surface area (Å²) in [5, 5.41) is 3.38. The fourth-order valence-electron chi connectivity index (χ4n) is 3.82. The Kier molecular flexibility index (Phi) is 10.1. The van der Waals surface area contributed by atoms with E-state index in [9.17, 15) is 0 Å². The van der Waals surface area contributed by atoms with E-state index in [1.54, 1.807) is 0 Å². The standard InChI is InChI=1S/C25H33N3O4.HI/c1-3-26-25(28(2)16-21-8-9-23-24(14-21)32-18-31-23)27-15-19-4-6-20(7-5-19)17-30-22-10-12-29-13-11-22;/h4-9,14,22H,3,10-13,15-18H2,1-2H3,(H,26,27);1H. The van der Waals surface area contributed by atoms with E-state index in [4.69, 9.17) is 23.9 Å². The van der Waals surface area contributed by atoms with Gasteiger partial charge in [0, 0.05) is 33.4 Å². The second-order valence-corrected chi connectivity index (χ2v) is 8.15. The van der Waals surface area contributed by atoms with E-state index in [1.165, 1.54) is 11.1 Å². The Labute approximate surface area is 213 Å². The highest BCUT2D eigenvalue weighted by Crippen LogP contribution is 2.32. The third-order valence-corrected chi connectivity index (χ3v) is 5.64. The van der Waals surface area contributed by atoms with E-state index < -0.39 is 0 Å². The molecule has 0 radical (unpaired) electrons. The first-order valence-electron chi connectivity index (χ1n) is 11.4. The van der Waals surface area contributed by atoms with Crippen LogP contribution in [0, 0.1) is 0 Å². The Bertz CT molecular complexity index is 901. The van der Waals surface area contributed by atoms with Gasteiger partial charge in [-0.25, -0.2) is 4.99 Å². The number of rotatable bonds is 8. The lowest BCUT2D eigenvalue weighted by molar-refractivity contribution is -0.0390. The molecule has 1 fully saturated rings. The molecule has 0 spiro atoms. The average Bonchev–Trinajstić information content (AvgIpc) is 3.29. The maximum atomic E-state index is 6.01. The van der Waals surface area contributed by atoms with Gasteiger partial charge in [0.2, 0.25) is 6.79 Å². The van der Waals surface area contributed by atoms with Crippen molar-refractivity contribution >= 4 is 29.9 Å². The molecule has 0 bridgehead atoms. The number of guanidine groups is 1. The van der Waals surface area contributed by atoms with Crippen molar-refractivity contribution in [3.63, 3.8) is 0 Å². The monoisotopic (exact) mass is 567 g/mol. The first-order valence-corrected chi connectivity index (χ1v) is 11.4. The number of hydrogen-bond donors (Lipinski definition) is 1. The van der Waals surface area contributed by atoms with Gasteiger partial charge >= 0.3 is 0 Å². The first kappa shape index (κ1) is 25.6. The van der Waals surface area contributed by atoms with Crippen LogP contribution in [0.15, 0.2) is 47.5 Å². The minimum atomic E-state index is 0. The van der Waals surface area contributed by atoms with Crippen LogP contribution in [0.1, 0.15) is 36.5 Å². The van der Waals surface area contributed by atoms with Gasteiger partial charge < -0.3 is 29.2 Å². The fraction of sp³-hybridized carbons (Fsp3) is 0.480. The van der Waals surface area contributed by atoms with Crippen LogP contribution >= 0.6 is 24.0 Å². The van der Waals surface area contributed by atoms with Crippen molar-refractivity contribution in [3.05, 3.63) is 59.2 Å². The summed E-state index contributed by atoms with van der Waals surface area (Å²) in [5.41, 5.74) is 3.51. The Balaban J connectivity index is 0.00000306. The average molecular weight is 567 g/mol. The smallest absolute Gasteiger partial charge is 0.231 e. The number of aliphatic imine (C=N–C) groups is 1. The summed E-state index contributed by atoms with van der Waals surface area (Å²) in [6.45, 7) is 6.79. The predicted molar refractivity (Wildman–Crippen MR) is 139 cm³/mol. The fourth-order valence-corrected chi connectivity index (χ4v) is 3.82. The molecule has 0 saturated carbocycles. The minimum Gasteiger partial charge on any atom is -0.454 e. The van der Waals surface area contributed by atoms with Crippen LogP contribution in [-0.2, 0) is 29.2 Å². The lowest BCUT2D eigenvalue weighted by atomic mass is 10.1. The maximum absolute atomic E-state index is 6.01. The predicted octanol–water partition coefficient (Wildman–Crippen LogP) is 4.33. The van der Waals surface area contributed by atoms with Crippen molar-refractivity contribution in [3.8, 4) is 11.5 Å². The molecule has 2 aliphatic rings. The van der Waals surface area contributed by atoms with Gasteiger partial charge in [0.1, 0.15) is 0 Å². The summed E-state index contributed by atoms with van der Waals surface area (Å²) < 4.78 is 22.3. The third-order valence-electron chi connectivity index (χ3n) is 5.64. The molecule has 0 unspecified atom stereocenters. The van der Waals surface area contributed by atoms with Gasteiger partial charge in [0.15, 0.2) is 17.5 Å². The Hall–Kier alpha value is -2.04. The molecule has 1 saturated heterocycles. The molecular formula is C25H34IN3O4. The van der Waals surface area contributed by atoms with Crippen LogP contribution in [0.4, 0.5) is 0 Å². The number of nitrogens with one attached hydrogen (secondary N) is 1. The van der Waals surface area contributed by atoms with Gasteiger partial charge in [0.25, 0.3) is 0 Å². The second kappa shape index (κ2) is 13.0. The molecule has 2 heterocycles. The van der Waals surface area contributed by atoms with Gasteiger partial charge in [-0.2, -0.15) is 0 Å². The first-order chi connectivity index (χ1) is 15.7. The van der Waals surface area contributed by atoms with Crippen molar-refractivity contribution in [2.24, 2.45) is 4.99 Å². The van der Waals surface area contributed by atoms with E-state index in [2.05, 4.69) is 47.5 Å². The van der Waals surface area contributed by atoms with Crippen LogP contribution in [0.3, 0.4) is 0 Å². The van der Waals surface area contributed by atoms with Crippen molar-refractivity contribution in [2.75, 3.05) is 33.6 Å². The summed E-state index contributed by atoms with van der Waals surface area (Å²) in [4.78, 5) is 6.95. The van der Waals surface area contributed by atoms with Crippen LogP contribution in [-0.4, -0.2) is 50.6 Å². The van der Waals surface area contributed by atoms with Crippen LogP contribution in [0.2, 0.25) is 0 Å². The molecule has 2 aliphatic heterocycles.